The summed E-state index contributed by atoms with van der Waals surface area (Å²) in [5, 5.41) is 2.87. The highest BCUT2D eigenvalue weighted by Gasteiger charge is 2.29. The molecule has 0 unspecified atom stereocenters. The molecule has 0 aromatic heterocycles. The summed E-state index contributed by atoms with van der Waals surface area (Å²) in [6.07, 6.45) is 2.29. The van der Waals surface area contributed by atoms with Gasteiger partial charge in [-0.3, -0.25) is 4.79 Å². The van der Waals surface area contributed by atoms with Gasteiger partial charge in [0.25, 0.3) is 5.91 Å². The number of hydrogen-bond acceptors (Lipinski definition) is 3. The van der Waals surface area contributed by atoms with Crippen molar-refractivity contribution in [3.63, 3.8) is 0 Å². The average Bonchev–Trinajstić information content (AvgIpc) is 2.60. The van der Waals surface area contributed by atoms with Crippen LogP contribution in [0.25, 0.3) is 6.08 Å². The van der Waals surface area contributed by atoms with Gasteiger partial charge in [0.05, 0.1) is 5.56 Å². The fourth-order valence-electron chi connectivity index (χ4n) is 2.78. The first-order chi connectivity index (χ1) is 12.3. The molecule has 142 valence electrons. The van der Waals surface area contributed by atoms with E-state index in [9.17, 15) is 22.8 Å². The number of alkyl halides is 3. The van der Waals surface area contributed by atoms with Crippen molar-refractivity contribution in [1.82, 2.24) is 5.32 Å². The molecule has 0 bridgehead atoms. The number of halogens is 3. The average molecular weight is 369 g/mol. The minimum atomic E-state index is -4.40. The molecule has 1 fully saturated rings. The van der Waals surface area contributed by atoms with Crippen LogP contribution in [0.2, 0.25) is 0 Å². The second-order valence-electron chi connectivity index (χ2n) is 6.38. The van der Waals surface area contributed by atoms with Crippen LogP contribution in [0, 0.1) is 0 Å². The Morgan fingerprint density at radius 1 is 1.15 bits per heavy atom. The molecule has 1 aliphatic carbocycles. The molecule has 4 nitrogen and oxygen atoms in total. The topological polar surface area (TPSA) is 55.4 Å². The molecule has 26 heavy (non-hydrogen) atoms. The highest BCUT2D eigenvalue weighted by Crippen LogP contribution is 2.29. The number of benzene rings is 1. The van der Waals surface area contributed by atoms with Gasteiger partial charge in [0.15, 0.2) is 6.10 Å². The van der Waals surface area contributed by atoms with Crippen molar-refractivity contribution < 1.29 is 27.5 Å². The number of esters is 1. The van der Waals surface area contributed by atoms with Crippen molar-refractivity contribution in [2.75, 3.05) is 0 Å². The molecule has 2 rings (SSSR count). The van der Waals surface area contributed by atoms with E-state index in [1.807, 2.05) is 0 Å². The fraction of sp³-hybridized carbons (Fsp3) is 0.474. The van der Waals surface area contributed by atoms with Crippen LogP contribution in [0.4, 0.5) is 13.2 Å². The van der Waals surface area contributed by atoms with Crippen LogP contribution >= 0.6 is 0 Å². The summed E-state index contributed by atoms with van der Waals surface area (Å²) in [4.78, 5) is 23.8. The van der Waals surface area contributed by atoms with E-state index in [0.29, 0.717) is 5.56 Å². The van der Waals surface area contributed by atoms with Gasteiger partial charge in [-0.2, -0.15) is 13.2 Å². The van der Waals surface area contributed by atoms with Crippen LogP contribution in [-0.4, -0.2) is 24.0 Å². The summed E-state index contributed by atoms with van der Waals surface area (Å²) in [6, 6.07) is 4.51. The van der Waals surface area contributed by atoms with E-state index >= 15 is 0 Å². The van der Waals surface area contributed by atoms with Crippen molar-refractivity contribution >= 4 is 18.0 Å². The molecule has 1 N–H and O–H groups in total. The number of rotatable bonds is 5. The van der Waals surface area contributed by atoms with E-state index in [1.54, 1.807) is 0 Å². The third-order valence-corrected chi connectivity index (χ3v) is 4.26. The Labute approximate surface area is 150 Å². The van der Waals surface area contributed by atoms with Crippen molar-refractivity contribution in [1.29, 1.82) is 0 Å². The first kappa shape index (κ1) is 20.0. The van der Waals surface area contributed by atoms with Crippen LogP contribution in [0.1, 0.15) is 50.2 Å². The first-order valence-corrected chi connectivity index (χ1v) is 8.62. The van der Waals surface area contributed by atoms with Gasteiger partial charge in [-0.05, 0) is 43.5 Å². The van der Waals surface area contributed by atoms with Gasteiger partial charge in [-0.25, -0.2) is 4.79 Å². The minimum Gasteiger partial charge on any atom is -0.449 e. The molecular weight excluding hydrogens is 347 g/mol. The molecule has 1 amide bonds. The molecule has 1 atom stereocenters. The van der Waals surface area contributed by atoms with E-state index in [1.165, 1.54) is 31.6 Å². The Morgan fingerprint density at radius 2 is 1.77 bits per heavy atom. The second-order valence-corrected chi connectivity index (χ2v) is 6.38. The van der Waals surface area contributed by atoms with E-state index < -0.39 is 23.8 Å². The zero-order chi connectivity index (χ0) is 19.2. The van der Waals surface area contributed by atoms with Crippen LogP contribution in [0.5, 0.6) is 0 Å². The number of carbonyl (C=O) groups excluding carboxylic acids is 2. The number of ether oxygens (including phenoxy) is 1. The van der Waals surface area contributed by atoms with E-state index in [-0.39, 0.29) is 11.9 Å². The zero-order valence-corrected chi connectivity index (χ0v) is 14.5. The monoisotopic (exact) mass is 369 g/mol. The van der Waals surface area contributed by atoms with Crippen LogP contribution in [0.3, 0.4) is 0 Å². The van der Waals surface area contributed by atoms with Gasteiger partial charge >= 0.3 is 12.1 Å². The normalized spacial score (nSPS) is 17.1. The lowest BCUT2D eigenvalue weighted by Gasteiger charge is -2.24. The molecule has 0 saturated heterocycles. The maximum Gasteiger partial charge on any atom is 0.416 e. The number of nitrogens with one attached hydrogen (secondary N) is 1. The Morgan fingerprint density at radius 3 is 2.35 bits per heavy atom. The van der Waals surface area contributed by atoms with E-state index in [2.05, 4.69) is 5.32 Å². The second kappa shape index (κ2) is 8.87. The van der Waals surface area contributed by atoms with Crippen LogP contribution in [0.15, 0.2) is 30.3 Å². The summed E-state index contributed by atoms with van der Waals surface area (Å²) < 4.78 is 42.5. The molecule has 7 heteroatoms. The van der Waals surface area contributed by atoms with Gasteiger partial charge in [-0.1, -0.05) is 31.4 Å². The van der Waals surface area contributed by atoms with Crippen LogP contribution < -0.4 is 5.32 Å². The van der Waals surface area contributed by atoms with Gasteiger partial charge in [0, 0.05) is 12.1 Å². The van der Waals surface area contributed by atoms with Crippen molar-refractivity contribution in [3.05, 3.63) is 41.5 Å². The molecule has 1 aromatic rings. The quantitative estimate of drug-likeness (QED) is 0.628. The Bertz CT molecular complexity index is 647. The highest BCUT2D eigenvalue weighted by atomic mass is 19.4. The molecule has 1 saturated carbocycles. The number of hydrogen-bond donors (Lipinski definition) is 1. The molecule has 0 spiro atoms. The third-order valence-electron chi connectivity index (χ3n) is 4.26. The lowest BCUT2D eigenvalue weighted by molar-refractivity contribution is -0.150. The zero-order valence-electron chi connectivity index (χ0n) is 14.5. The van der Waals surface area contributed by atoms with Gasteiger partial charge in [-0.15, -0.1) is 0 Å². The van der Waals surface area contributed by atoms with Crippen molar-refractivity contribution in [2.45, 2.75) is 57.3 Å². The molecule has 1 aliphatic rings. The molecule has 0 heterocycles. The predicted molar refractivity (Wildman–Crippen MR) is 91.0 cm³/mol. The Hall–Kier alpha value is -2.31. The third kappa shape index (κ3) is 6.20. The largest absolute Gasteiger partial charge is 0.449 e. The Kier molecular flexibility index (Phi) is 6.83. The molecule has 0 aliphatic heterocycles. The number of carbonyl (C=O) groups is 2. The smallest absolute Gasteiger partial charge is 0.416 e. The predicted octanol–water partition coefficient (Wildman–Crippen LogP) is 4.10. The van der Waals surface area contributed by atoms with Gasteiger partial charge in [0.1, 0.15) is 0 Å². The molecular formula is C19H22F3NO3. The minimum absolute atomic E-state index is 0.125. The van der Waals surface area contributed by atoms with E-state index in [0.717, 1.165) is 43.9 Å². The lowest BCUT2D eigenvalue weighted by atomic mass is 9.95. The molecule has 0 radical (unpaired) electrons. The molecule has 1 aromatic carbocycles. The maximum atomic E-state index is 12.5. The summed E-state index contributed by atoms with van der Waals surface area (Å²) in [5.41, 5.74) is -0.334. The van der Waals surface area contributed by atoms with Gasteiger partial charge < -0.3 is 10.1 Å². The summed E-state index contributed by atoms with van der Waals surface area (Å²) in [7, 11) is 0. The van der Waals surface area contributed by atoms with Crippen LogP contribution in [-0.2, 0) is 20.5 Å². The standard InChI is InChI=1S/C19H22F3NO3/c1-13(18(25)23-16-5-3-2-4-6-16)26-17(24)12-9-14-7-10-15(11-8-14)19(20,21)22/h7-13,16H,2-6H2,1H3,(H,23,25)/b12-9+/t13-/m1/s1. The number of amides is 1. The summed E-state index contributed by atoms with van der Waals surface area (Å²) in [6.45, 7) is 1.49. The lowest BCUT2D eigenvalue weighted by Crippen LogP contribution is -2.42. The van der Waals surface area contributed by atoms with Gasteiger partial charge in [0.2, 0.25) is 0 Å². The first-order valence-electron chi connectivity index (χ1n) is 8.62. The summed E-state index contributed by atoms with van der Waals surface area (Å²) >= 11 is 0. The fourth-order valence-corrected chi connectivity index (χ4v) is 2.78. The summed E-state index contributed by atoms with van der Waals surface area (Å²) in [5.74, 6) is -1.07. The van der Waals surface area contributed by atoms with Crippen molar-refractivity contribution in [3.8, 4) is 0 Å². The van der Waals surface area contributed by atoms with Crippen molar-refractivity contribution in [2.24, 2.45) is 0 Å². The SMILES string of the molecule is C[C@@H](OC(=O)/C=C/c1ccc(C(F)(F)F)cc1)C(=O)NC1CCCCC1. The maximum absolute atomic E-state index is 12.5. The Balaban J connectivity index is 1.83. The van der Waals surface area contributed by atoms with E-state index in [4.69, 9.17) is 4.74 Å². The highest BCUT2D eigenvalue weighted by molar-refractivity contribution is 5.90.